The number of sulfonamides is 1. The molecule has 2 heterocycles. The Morgan fingerprint density at radius 1 is 1.00 bits per heavy atom. The molecule has 1 fully saturated rings. The molecule has 5 rings (SSSR count). The van der Waals surface area contributed by atoms with Gasteiger partial charge in [0.1, 0.15) is 0 Å². The molecule has 0 atom stereocenters. The highest BCUT2D eigenvalue weighted by atomic mass is 32.2. The van der Waals surface area contributed by atoms with Crippen molar-refractivity contribution in [1.29, 1.82) is 0 Å². The molecule has 7 nitrogen and oxygen atoms in total. The minimum atomic E-state index is -3.63. The van der Waals surface area contributed by atoms with Crippen LogP contribution in [0.15, 0.2) is 71.6 Å². The molecule has 1 amide bonds. The van der Waals surface area contributed by atoms with Crippen molar-refractivity contribution in [2.24, 2.45) is 0 Å². The van der Waals surface area contributed by atoms with Crippen LogP contribution in [-0.4, -0.2) is 49.9 Å². The van der Waals surface area contributed by atoms with Crippen LogP contribution in [0, 0.1) is 13.8 Å². The summed E-state index contributed by atoms with van der Waals surface area (Å²) in [5.74, 6) is -0.235. The molecule has 3 aromatic carbocycles. The summed E-state index contributed by atoms with van der Waals surface area (Å²) in [5.41, 5.74) is 4.56. The van der Waals surface area contributed by atoms with E-state index < -0.39 is 10.0 Å². The van der Waals surface area contributed by atoms with Gasteiger partial charge >= 0.3 is 0 Å². The van der Waals surface area contributed by atoms with Crippen LogP contribution in [0.4, 0.5) is 5.13 Å². The first-order chi connectivity index (χ1) is 17.3. The lowest BCUT2D eigenvalue weighted by atomic mass is 10.1. The van der Waals surface area contributed by atoms with Crippen LogP contribution in [0.1, 0.15) is 27.0 Å². The maximum Gasteiger partial charge on any atom is 0.260 e. The molecule has 1 aliphatic heterocycles. The standard InChI is InChI=1S/C27H27N3O4S2/c1-19-16-24-25(17-20(19)2)35-27(28-24)30(18-21-6-4-3-5-7-21)26(31)22-8-10-23(11-9-22)36(32,33)29-12-14-34-15-13-29/h3-11,16-17H,12-15,18H2,1-2H3. The smallest absolute Gasteiger partial charge is 0.260 e. The number of anilines is 1. The average Bonchev–Trinajstić information content (AvgIpc) is 3.30. The van der Waals surface area contributed by atoms with Gasteiger partial charge in [0.15, 0.2) is 5.13 Å². The molecule has 0 saturated carbocycles. The van der Waals surface area contributed by atoms with E-state index in [9.17, 15) is 13.2 Å². The van der Waals surface area contributed by atoms with Crippen LogP contribution in [0.2, 0.25) is 0 Å². The third-order valence-corrected chi connectivity index (χ3v) is 9.32. The van der Waals surface area contributed by atoms with E-state index in [0.717, 1.165) is 21.3 Å². The van der Waals surface area contributed by atoms with Crippen molar-refractivity contribution in [1.82, 2.24) is 9.29 Å². The van der Waals surface area contributed by atoms with E-state index in [0.29, 0.717) is 43.5 Å². The molecule has 1 saturated heterocycles. The topological polar surface area (TPSA) is 79.8 Å². The van der Waals surface area contributed by atoms with Crippen LogP contribution in [0.5, 0.6) is 0 Å². The summed E-state index contributed by atoms with van der Waals surface area (Å²) < 4.78 is 33.7. The first-order valence-electron chi connectivity index (χ1n) is 11.7. The Kier molecular flexibility index (Phi) is 6.90. The molecular weight excluding hydrogens is 494 g/mol. The Morgan fingerprint density at radius 3 is 2.36 bits per heavy atom. The second-order valence-corrected chi connectivity index (χ2v) is 11.8. The maximum atomic E-state index is 13.7. The highest BCUT2D eigenvalue weighted by molar-refractivity contribution is 7.89. The number of carbonyl (C=O) groups excluding carboxylic acids is 1. The number of fused-ring (bicyclic) bond motifs is 1. The Morgan fingerprint density at radius 2 is 1.67 bits per heavy atom. The van der Waals surface area contributed by atoms with Gasteiger partial charge in [-0.25, -0.2) is 13.4 Å². The fourth-order valence-electron chi connectivity index (χ4n) is 4.14. The number of morpholine rings is 1. The van der Waals surface area contributed by atoms with Gasteiger partial charge in [0, 0.05) is 18.7 Å². The SMILES string of the molecule is Cc1cc2nc(N(Cc3ccccc3)C(=O)c3ccc(S(=O)(=O)N4CCOCC4)cc3)sc2cc1C. The van der Waals surface area contributed by atoms with Crippen molar-refractivity contribution in [3.8, 4) is 0 Å². The summed E-state index contributed by atoms with van der Waals surface area (Å²) in [6, 6.07) is 20.1. The summed E-state index contributed by atoms with van der Waals surface area (Å²) in [6.07, 6.45) is 0. The number of aromatic nitrogens is 1. The van der Waals surface area contributed by atoms with Gasteiger partial charge in [-0.05, 0) is 66.9 Å². The van der Waals surface area contributed by atoms with E-state index in [1.165, 1.54) is 33.3 Å². The van der Waals surface area contributed by atoms with Gasteiger partial charge in [-0.2, -0.15) is 4.31 Å². The molecule has 0 unspecified atom stereocenters. The Balaban J connectivity index is 1.48. The lowest BCUT2D eigenvalue weighted by Crippen LogP contribution is -2.40. The third kappa shape index (κ3) is 4.92. The van der Waals surface area contributed by atoms with Gasteiger partial charge in [0.25, 0.3) is 5.91 Å². The minimum absolute atomic E-state index is 0.168. The number of aryl methyl sites for hydroxylation is 2. The van der Waals surface area contributed by atoms with Gasteiger partial charge in [-0.1, -0.05) is 41.7 Å². The number of carbonyl (C=O) groups is 1. The highest BCUT2D eigenvalue weighted by Gasteiger charge is 2.27. The largest absolute Gasteiger partial charge is 0.379 e. The van der Waals surface area contributed by atoms with E-state index in [2.05, 4.69) is 13.0 Å². The number of ether oxygens (including phenoxy) is 1. The van der Waals surface area contributed by atoms with E-state index in [4.69, 9.17) is 9.72 Å². The molecule has 0 spiro atoms. The predicted octanol–water partition coefficient (Wildman–Crippen LogP) is 4.78. The number of nitrogens with zero attached hydrogens (tertiary/aromatic N) is 3. The molecule has 0 bridgehead atoms. The number of hydrogen-bond acceptors (Lipinski definition) is 6. The molecule has 0 radical (unpaired) electrons. The molecule has 0 aliphatic carbocycles. The molecule has 0 N–H and O–H groups in total. The summed E-state index contributed by atoms with van der Waals surface area (Å²) >= 11 is 1.48. The highest BCUT2D eigenvalue weighted by Crippen LogP contribution is 2.32. The molecule has 36 heavy (non-hydrogen) atoms. The number of benzene rings is 3. The van der Waals surface area contributed by atoms with Gasteiger partial charge < -0.3 is 4.74 Å². The Labute approximate surface area is 215 Å². The Bertz CT molecular complexity index is 1450. The van der Waals surface area contributed by atoms with Crippen LogP contribution < -0.4 is 4.90 Å². The maximum absolute atomic E-state index is 13.7. The number of rotatable bonds is 6. The first-order valence-corrected chi connectivity index (χ1v) is 14.0. The van der Waals surface area contributed by atoms with E-state index in [-0.39, 0.29) is 10.8 Å². The number of thiazole rings is 1. The Hall–Kier alpha value is -3.11. The predicted molar refractivity (Wildman–Crippen MR) is 142 cm³/mol. The zero-order valence-corrected chi connectivity index (χ0v) is 21.8. The fourth-order valence-corrected chi connectivity index (χ4v) is 6.59. The van der Waals surface area contributed by atoms with Gasteiger partial charge in [0.2, 0.25) is 10.0 Å². The van der Waals surface area contributed by atoms with Crippen molar-refractivity contribution in [3.05, 3.63) is 89.0 Å². The van der Waals surface area contributed by atoms with Crippen molar-refractivity contribution in [2.45, 2.75) is 25.3 Å². The second-order valence-electron chi connectivity index (χ2n) is 8.82. The summed E-state index contributed by atoms with van der Waals surface area (Å²) in [5, 5.41) is 0.605. The molecule has 4 aromatic rings. The quantitative estimate of drug-likeness (QED) is 0.365. The van der Waals surface area contributed by atoms with Crippen LogP contribution in [0.25, 0.3) is 10.2 Å². The molecule has 9 heteroatoms. The van der Waals surface area contributed by atoms with E-state index in [1.807, 2.05) is 43.3 Å². The summed E-state index contributed by atoms with van der Waals surface area (Å²) in [7, 11) is -3.63. The van der Waals surface area contributed by atoms with Crippen LogP contribution in [-0.2, 0) is 21.3 Å². The normalized spacial score (nSPS) is 14.7. The average molecular weight is 522 g/mol. The van der Waals surface area contributed by atoms with Crippen molar-refractivity contribution in [2.75, 3.05) is 31.2 Å². The molecule has 1 aliphatic rings. The van der Waals surface area contributed by atoms with Crippen LogP contribution in [0.3, 0.4) is 0 Å². The second kappa shape index (κ2) is 10.1. The fraction of sp³-hybridized carbons (Fsp3) is 0.259. The van der Waals surface area contributed by atoms with E-state index in [1.54, 1.807) is 17.0 Å². The van der Waals surface area contributed by atoms with Crippen molar-refractivity contribution >= 4 is 42.6 Å². The zero-order valence-electron chi connectivity index (χ0n) is 20.2. The monoisotopic (exact) mass is 521 g/mol. The van der Waals surface area contributed by atoms with Crippen LogP contribution >= 0.6 is 11.3 Å². The summed E-state index contributed by atoms with van der Waals surface area (Å²) in [4.78, 5) is 20.4. The third-order valence-electron chi connectivity index (χ3n) is 6.36. The molecular formula is C27H27N3O4S2. The number of amides is 1. The zero-order chi connectivity index (χ0) is 25.3. The van der Waals surface area contributed by atoms with Crippen molar-refractivity contribution in [3.63, 3.8) is 0 Å². The van der Waals surface area contributed by atoms with Gasteiger partial charge in [0.05, 0.1) is 34.9 Å². The first kappa shape index (κ1) is 24.6. The molecule has 186 valence electrons. The van der Waals surface area contributed by atoms with Gasteiger partial charge in [-0.15, -0.1) is 0 Å². The molecule has 1 aromatic heterocycles. The minimum Gasteiger partial charge on any atom is -0.379 e. The lowest BCUT2D eigenvalue weighted by Gasteiger charge is -2.26. The van der Waals surface area contributed by atoms with Gasteiger partial charge in [-0.3, -0.25) is 9.69 Å². The number of hydrogen-bond donors (Lipinski definition) is 0. The van der Waals surface area contributed by atoms with E-state index >= 15 is 0 Å². The summed E-state index contributed by atoms with van der Waals surface area (Å²) in [6.45, 7) is 5.87. The van der Waals surface area contributed by atoms with Crippen molar-refractivity contribution < 1.29 is 17.9 Å². The lowest BCUT2D eigenvalue weighted by molar-refractivity contribution is 0.0730.